The topological polar surface area (TPSA) is 81.9 Å². The number of nitrogens with two attached hydrogens (primary N) is 1. The molecule has 1 saturated heterocycles. The molecule has 25 heavy (non-hydrogen) atoms. The predicted octanol–water partition coefficient (Wildman–Crippen LogP) is 2.60. The molecule has 0 radical (unpaired) electrons. The van der Waals surface area contributed by atoms with Crippen LogP contribution in [0.3, 0.4) is 0 Å². The maximum absolute atomic E-state index is 12.8. The van der Waals surface area contributed by atoms with Crippen LogP contribution < -0.4 is 15.2 Å². The van der Waals surface area contributed by atoms with Crippen LogP contribution in [0.5, 0.6) is 11.5 Å². The molecule has 2 amide bonds. The van der Waals surface area contributed by atoms with E-state index >= 15 is 0 Å². The Morgan fingerprint density at radius 1 is 1.28 bits per heavy atom. The highest BCUT2D eigenvalue weighted by atomic mass is 16.5. The molecule has 1 aromatic rings. The van der Waals surface area contributed by atoms with E-state index in [0.29, 0.717) is 42.6 Å². The Labute approximate surface area is 149 Å². The summed E-state index contributed by atoms with van der Waals surface area (Å²) >= 11 is 0. The van der Waals surface area contributed by atoms with Gasteiger partial charge in [0.1, 0.15) is 6.04 Å². The van der Waals surface area contributed by atoms with Crippen LogP contribution in [0.4, 0.5) is 0 Å². The Bertz CT molecular complexity index is 615. The van der Waals surface area contributed by atoms with Crippen molar-refractivity contribution >= 4 is 11.8 Å². The second-order valence-electron chi connectivity index (χ2n) is 6.81. The first-order valence-corrected chi connectivity index (χ1v) is 8.85. The molecule has 1 aliphatic rings. The van der Waals surface area contributed by atoms with Crippen LogP contribution >= 0.6 is 0 Å². The number of amides is 2. The average molecular weight is 348 g/mol. The number of piperidine rings is 1. The van der Waals surface area contributed by atoms with E-state index in [1.165, 1.54) is 0 Å². The molecule has 2 N–H and O–H groups in total. The zero-order valence-electron chi connectivity index (χ0n) is 15.3. The Morgan fingerprint density at radius 3 is 2.68 bits per heavy atom. The molecule has 138 valence electrons. The summed E-state index contributed by atoms with van der Waals surface area (Å²) < 4.78 is 11.1. The van der Waals surface area contributed by atoms with Crippen LogP contribution in [0.2, 0.25) is 0 Å². The Morgan fingerprint density at radius 2 is 2.04 bits per heavy atom. The number of hydrogen-bond acceptors (Lipinski definition) is 4. The predicted molar refractivity (Wildman–Crippen MR) is 95.8 cm³/mol. The largest absolute Gasteiger partial charge is 0.493 e. The molecule has 6 heteroatoms. The van der Waals surface area contributed by atoms with Crippen molar-refractivity contribution in [2.24, 2.45) is 11.7 Å². The molecule has 1 aromatic carbocycles. The summed E-state index contributed by atoms with van der Waals surface area (Å²) in [6.45, 7) is 5.41. The highest BCUT2D eigenvalue weighted by molar-refractivity contribution is 5.98. The highest BCUT2D eigenvalue weighted by Gasteiger charge is 2.31. The van der Waals surface area contributed by atoms with E-state index in [1.54, 1.807) is 30.2 Å². The lowest BCUT2D eigenvalue weighted by atomic mass is 10.00. The lowest BCUT2D eigenvalue weighted by Gasteiger charge is -2.33. The number of rotatable bonds is 7. The fourth-order valence-electron chi connectivity index (χ4n) is 2.96. The smallest absolute Gasteiger partial charge is 0.254 e. The van der Waals surface area contributed by atoms with Gasteiger partial charge in [-0.1, -0.05) is 13.8 Å². The number of methoxy groups -OCH3 is 1. The van der Waals surface area contributed by atoms with Crippen LogP contribution in [-0.2, 0) is 4.79 Å². The van der Waals surface area contributed by atoms with Gasteiger partial charge < -0.3 is 20.1 Å². The van der Waals surface area contributed by atoms with Gasteiger partial charge in [-0.2, -0.15) is 0 Å². The molecule has 1 fully saturated rings. The number of carbonyl (C=O) groups is 2. The average Bonchev–Trinajstić information content (AvgIpc) is 2.61. The number of likely N-dealkylation sites (tertiary alicyclic amines) is 1. The molecule has 2 rings (SSSR count). The minimum absolute atomic E-state index is 0.199. The first kappa shape index (κ1) is 19.1. The van der Waals surface area contributed by atoms with Crippen LogP contribution in [0.25, 0.3) is 0 Å². The molecule has 0 spiro atoms. The molecule has 0 aromatic heterocycles. The van der Waals surface area contributed by atoms with Gasteiger partial charge in [0, 0.05) is 12.1 Å². The number of ether oxygens (including phenoxy) is 2. The van der Waals surface area contributed by atoms with Crippen LogP contribution in [0.1, 0.15) is 49.9 Å². The zero-order valence-corrected chi connectivity index (χ0v) is 15.3. The number of nitrogens with zero attached hydrogens (tertiary/aromatic N) is 1. The van der Waals surface area contributed by atoms with Gasteiger partial charge >= 0.3 is 0 Å². The number of carbonyl (C=O) groups excluding carboxylic acids is 2. The van der Waals surface area contributed by atoms with E-state index in [2.05, 4.69) is 13.8 Å². The van der Waals surface area contributed by atoms with Crippen molar-refractivity contribution in [3.8, 4) is 11.5 Å². The Kier molecular flexibility index (Phi) is 6.67. The van der Waals surface area contributed by atoms with E-state index < -0.39 is 11.9 Å². The van der Waals surface area contributed by atoms with Crippen LogP contribution in [-0.4, -0.2) is 43.0 Å². The highest BCUT2D eigenvalue weighted by Crippen LogP contribution is 2.30. The van der Waals surface area contributed by atoms with E-state index in [0.717, 1.165) is 19.3 Å². The van der Waals surface area contributed by atoms with Crippen LogP contribution in [0, 0.1) is 5.92 Å². The third-order valence-corrected chi connectivity index (χ3v) is 4.46. The van der Waals surface area contributed by atoms with Crippen LogP contribution in [0.15, 0.2) is 18.2 Å². The Hall–Kier alpha value is -2.24. The summed E-state index contributed by atoms with van der Waals surface area (Å²) in [6, 6.07) is 4.59. The number of primary amides is 1. The quantitative estimate of drug-likeness (QED) is 0.821. The van der Waals surface area contributed by atoms with Crippen molar-refractivity contribution in [3.63, 3.8) is 0 Å². The second kappa shape index (κ2) is 8.74. The van der Waals surface area contributed by atoms with E-state index in [1.807, 2.05) is 0 Å². The summed E-state index contributed by atoms with van der Waals surface area (Å²) in [7, 11) is 1.55. The number of hydrogen-bond donors (Lipinski definition) is 1. The normalized spacial score (nSPS) is 17.4. The molecule has 0 saturated carbocycles. The summed E-state index contributed by atoms with van der Waals surface area (Å²) in [5.74, 6) is 1.04. The third-order valence-electron chi connectivity index (χ3n) is 4.46. The maximum Gasteiger partial charge on any atom is 0.254 e. The van der Waals surface area contributed by atoms with Gasteiger partial charge in [0.2, 0.25) is 5.91 Å². The van der Waals surface area contributed by atoms with Gasteiger partial charge in [0.15, 0.2) is 11.5 Å². The Balaban J connectivity index is 2.15. The lowest BCUT2D eigenvalue weighted by molar-refractivity contribution is -0.123. The van der Waals surface area contributed by atoms with E-state index in [4.69, 9.17) is 15.2 Å². The third kappa shape index (κ3) is 4.87. The van der Waals surface area contributed by atoms with Crippen molar-refractivity contribution < 1.29 is 19.1 Å². The molecule has 1 atom stereocenters. The van der Waals surface area contributed by atoms with Gasteiger partial charge in [-0.05, 0) is 49.8 Å². The van der Waals surface area contributed by atoms with E-state index in [-0.39, 0.29) is 5.91 Å². The molecule has 0 bridgehead atoms. The molecular formula is C19H28N2O4. The van der Waals surface area contributed by atoms with Crippen molar-refractivity contribution in [3.05, 3.63) is 23.8 Å². The minimum atomic E-state index is -0.533. The first-order valence-electron chi connectivity index (χ1n) is 8.85. The molecule has 1 unspecified atom stereocenters. The second-order valence-corrected chi connectivity index (χ2v) is 6.81. The van der Waals surface area contributed by atoms with Gasteiger partial charge in [-0.15, -0.1) is 0 Å². The standard InChI is InChI=1S/C19H28N2O4/c1-13(2)9-11-25-16-8-7-14(12-17(16)24-3)19(23)21-10-5-4-6-15(21)18(20)22/h7-8,12-13,15H,4-6,9-11H2,1-3H3,(H2,20,22). The fourth-order valence-corrected chi connectivity index (χ4v) is 2.96. The van der Waals surface area contributed by atoms with Crippen molar-refractivity contribution in [1.82, 2.24) is 4.90 Å². The van der Waals surface area contributed by atoms with Gasteiger partial charge in [-0.25, -0.2) is 0 Å². The zero-order chi connectivity index (χ0) is 18.4. The summed E-state index contributed by atoms with van der Waals surface area (Å²) in [5.41, 5.74) is 5.93. The van der Waals surface area contributed by atoms with Gasteiger partial charge in [0.25, 0.3) is 5.91 Å². The molecule has 1 heterocycles. The number of benzene rings is 1. The summed E-state index contributed by atoms with van der Waals surface area (Å²) in [4.78, 5) is 26.0. The maximum atomic E-state index is 12.8. The van der Waals surface area contributed by atoms with Crippen molar-refractivity contribution in [2.75, 3.05) is 20.3 Å². The molecule has 6 nitrogen and oxygen atoms in total. The SMILES string of the molecule is COc1cc(C(=O)N2CCCCC2C(N)=O)ccc1OCCC(C)C. The van der Waals surface area contributed by atoms with Crippen molar-refractivity contribution in [1.29, 1.82) is 0 Å². The molecule has 1 aliphatic heterocycles. The monoisotopic (exact) mass is 348 g/mol. The first-order chi connectivity index (χ1) is 11.9. The fraction of sp³-hybridized carbons (Fsp3) is 0.579. The lowest BCUT2D eigenvalue weighted by Crippen LogP contribution is -2.50. The van der Waals surface area contributed by atoms with Crippen molar-refractivity contribution in [2.45, 2.75) is 45.6 Å². The summed E-state index contributed by atoms with van der Waals surface area (Å²) in [6.07, 6.45) is 3.35. The summed E-state index contributed by atoms with van der Waals surface area (Å²) in [5, 5.41) is 0. The molecule has 0 aliphatic carbocycles. The minimum Gasteiger partial charge on any atom is -0.493 e. The molecular weight excluding hydrogens is 320 g/mol. The van der Waals surface area contributed by atoms with E-state index in [9.17, 15) is 9.59 Å². The van der Waals surface area contributed by atoms with Gasteiger partial charge in [-0.3, -0.25) is 9.59 Å². The van der Waals surface area contributed by atoms with Gasteiger partial charge in [0.05, 0.1) is 13.7 Å².